The molecule has 0 heterocycles. The topological polar surface area (TPSA) is 118 Å². The van der Waals surface area contributed by atoms with Crippen LogP contribution in [-0.2, 0) is 20.2 Å². The van der Waals surface area contributed by atoms with Crippen LogP contribution in [0, 0.1) is 13.8 Å². The number of rotatable bonds is 4. The number of ether oxygens (including phenoxy) is 1. The smallest absolute Gasteiger partial charge is 0.294 e. The molecule has 0 aliphatic carbocycles. The van der Waals surface area contributed by atoms with Gasteiger partial charge in [-0.2, -0.15) is 16.8 Å². The lowest BCUT2D eigenvalue weighted by Crippen LogP contribution is -2.01. The second-order valence-electron chi connectivity index (χ2n) is 4.91. The Hall–Kier alpha value is -1.94. The first-order chi connectivity index (χ1) is 10.5. The molecule has 0 bridgehead atoms. The van der Waals surface area contributed by atoms with Crippen LogP contribution in [-0.4, -0.2) is 25.9 Å². The van der Waals surface area contributed by atoms with Gasteiger partial charge in [-0.1, -0.05) is 0 Å². The van der Waals surface area contributed by atoms with Crippen LogP contribution in [0.2, 0.25) is 0 Å². The van der Waals surface area contributed by atoms with E-state index in [1.165, 1.54) is 43.3 Å². The van der Waals surface area contributed by atoms with Gasteiger partial charge in [-0.15, -0.1) is 0 Å². The van der Waals surface area contributed by atoms with Gasteiger partial charge in [-0.3, -0.25) is 9.11 Å². The second kappa shape index (κ2) is 5.93. The van der Waals surface area contributed by atoms with E-state index in [0.717, 1.165) is 0 Å². The van der Waals surface area contributed by atoms with Crippen molar-refractivity contribution in [2.24, 2.45) is 0 Å². The van der Waals surface area contributed by atoms with Crippen molar-refractivity contribution in [1.29, 1.82) is 0 Å². The van der Waals surface area contributed by atoms with Gasteiger partial charge in [0.1, 0.15) is 11.5 Å². The molecule has 9 heteroatoms. The maximum atomic E-state index is 11.1. The molecule has 0 aromatic heterocycles. The zero-order valence-corrected chi connectivity index (χ0v) is 13.8. The summed E-state index contributed by atoms with van der Waals surface area (Å²) in [5.74, 6) is 0.661. The van der Waals surface area contributed by atoms with Gasteiger partial charge in [0.2, 0.25) is 0 Å². The molecule has 0 unspecified atom stereocenters. The van der Waals surface area contributed by atoms with Gasteiger partial charge in [-0.25, -0.2) is 0 Å². The minimum Gasteiger partial charge on any atom is -0.457 e. The van der Waals surface area contributed by atoms with E-state index >= 15 is 0 Å². The number of hydrogen-bond acceptors (Lipinski definition) is 5. The van der Waals surface area contributed by atoms with Crippen LogP contribution < -0.4 is 4.74 Å². The van der Waals surface area contributed by atoms with Crippen molar-refractivity contribution in [2.75, 3.05) is 0 Å². The maximum absolute atomic E-state index is 11.1. The Kier molecular flexibility index (Phi) is 4.49. The summed E-state index contributed by atoms with van der Waals surface area (Å²) in [5, 5.41) is 0. The molecule has 0 aliphatic rings. The van der Waals surface area contributed by atoms with Crippen molar-refractivity contribution >= 4 is 20.2 Å². The number of aryl methyl sites for hydroxylation is 2. The molecule has 2 rings (SSSR count). The Labute approximate surface area is 134 Å². The summed E-state index contributed by atoms with van der Waals surface area (Å²) in [6.07, 6.45) is 0. The lowest BCUT2D eigenvalue weighted by Gasteiger charge is -2.11. The summed E-state index contributed by atoms with van der Waals surface area (Å²) >= 11 is 0. The fourth-order valence-electron chi connectivity index (χ4n) is 2.00. The summed E-state index contributed by atoms with van der Waals surface area (Å²) < 4.78 is 68.0. The number of hydrogen-bond donors (Lipinski definition) is 2. The Morgan fingerprint density at radius 3 is 1.96 bits per heavy atom. The molecule has 2 aromatic rings. The van der Waals surface area contributed by atoms with E-state index in [4.69, 9.17) is 13.8 Å². The van der Waals surface area contributed by atoms with E-state index < -0.39 is 20.2 Å². The summed E-state index contributed by atoms with van der Waals surface area (Å²) in [7, 11) is -8.60. The second-order valence-corrected chi connectivity index (χ2v) is 7.72. The molecular weight excluding hydrogens is 344 g/mol. The third-order valence-corrected chi connectivity index (χ3v) is 4.96. The zero-order valence-electron chi connectivity index (χ0n) is 12.2. The molecule has 2 N–H and O–H groups in total. The highest BCUT2D eigenvalue weighted by molar-refractivity contribution is 7.86. The minimum absolute atomic E-state index is 0.219. The molecule has 7 nitrogen and oxygen atoms in total. The molecule has 0 fully saturated rings. The molecule has 0 amide bonds. The molecular formula is C14H14O7S2. The van der Waals surface area contributed by atoms with Crippen molar-refractivity contribution in [3.8, 4) is 11.5 Å². The maximum Gasteiger partial charge on any atom is 0.294 e. The van der Waals surface area contributed by atoms with Gasteiger partial charge < -0.3 is 4.74 Å². The van der Waals surface area contributed by atoms with Crippen molar-refractivity contribution in [2.45, 2.75) is 23.6 Å². The minimum atomic E-state index is -4.30. The summed E-state index contributed by atoms with van der Waals surface area (Å²) in [6.45, 7) is 3.10. The Balaban J connectivity index is 2.35. The average molecular weight is 358 g/mol. The van der Waals surface area contributed by atoms with Crippen molar-refractivity contribution in [3.63, 3.8) is 0 Å². The predicted molar refractivity (Wildman–Crippen MR) is 82.1 cm³/mol. The van der Waals surface area contributed by atoms with Crippen LogP contribution in [0.25, 0.3) is 0 Å². The van der Waals surface area contributed by atoms with Crippen LogP contribution in [0.15, 0.2) is 46.2 Å². The quantitative estimate of drug-likeness (QED) is 0.806. The lowest BCUT2D eigenvalue weighted by molar-refractivity contribution is 0.473. The van der Waals surface area contributed by atoms with Gasteiger partial charge >= 0.3 is 0 Å². The van der Waals surface area contributed by atoms with Gasteiger partial charge in [0, 0.05) is 0 Å². The van der Waals surface area contributed by atoms with Gasteiger partial charge in [0.05, 0.1) is 9.79 Å². The van der Waals surface area contributed by atoms with E-state index in [2.05, 4.69) is 0 Å². The standard InChI is InChI=1S/C14H14O7S2/c1-9-8-12(22(15,16)17)4-5-13(9)21-11-3-6-14(10(2)7-11)23(18,19)20/h3-8H,1-2H3,(H,15,16,17)(H,18,19,20). The molecule has 0 aliphatic heterocycles. The summed E-state index contributed by atoms with van der Waals surface area (Å²) in [6, 6.07) is 7.83. The first-order valence-electron chi connectivity index (χ1n) is 6.32. The summed E-state index contributed by atoms with van der Waals surface area (Å²) in [4.78, 5) is -0.469. The molecule has 2 aromatic carbocycles. The van der Waals surface area contributed by atoms with E-state index in [9.17, 15) is 16.8 Å². The SMILES string of the molecule is Cc1cc(S(=O)(=O)O)ccc1Oc1ccc(S(=O)(=O)O)c(C)c1. The predicted octanol–water partition coefficient (Wildman–Crippen LogP) is 2.59. The average Bonchev–Trinajstić information content (AvgIpc) is 2.38. The first-order valence-corrected chi connectivity index (χ1v) is 9.20. The fraction of sp³-hybridized carbons (Fsp3) is 0.143. The van der Waals surface area contributed by atoms with Crippen LogP contribution >= 0.6 is 0 Å². The monoisotopic (exact) mass is 358 g/mol. The van der Waals surface area contributed by atoms with E-state index in [-0.39, 0.29) is 9.79 Å². The normalized spacial score (nSPS) is 12.2. The number of benzene rings is 2. The van der Waals surface area contributed by atoms with Crippen LogP contribution in [0.1, 0.15) is 11.1 Å². The van der Waals surface area contributed by atoms with Crippen molar-refractivity contribution in [3.05, 3.63) is 47.5 Å². The van der Waals surface area contributed by atoms with Crippen LogP contribution in [0.5, 0.6) is 11.5 Å². The van der Waals surface area contributed by atoms with Gasteiger partial charge in [-0.05, 0) is 61.4 Å². The van der Waals surface area contributed by atoms with Crippen molar-refractivity contribution in [1.82, 2.24) is 0 Å². The largest absolute Gasteiger partial charge is 0.457 e. The molecule has 124 valence electrons. The molecule has 0 saturated carbocycles. The van der Waals surface area contributed by atoms with Gasteiger partial charge in [0.15, 0.2) is 0 Å². The first kappa shape index (κ1) is 17.4. The molecule has 0 saturated heterocycles. The van der Waals surface area contributed by atoms with Crippen LogP contribution in [0.4, 0.5) is 0 Å². The van der Waals surface area contributed by atoms with Gasteiger partial charge in [0.25, 0.3) is 20.2 Å². The molecule has 0 spiro atoms. The zero-order chi connectivity index (χ0) is 17.4. The molecule has 0 radical (unpaired) electrons. The fourth-order valence-corrected chi connectivity index (χ4v) is 3.27. The molecule has 23 heavy (non-hydrogen) atoms. The Morgan fingerprint density at radius 2 is 1.48 bits per heavy atom. The Bertz CT molecular complexity index is 961. The third kappa shape index (κ3) is 4.08. The highest BCUT2D eigenvalue weighted by Crippen LogP contribution is 2.29. The Morgan fingerprint density at radius 1 is 0.826 bits per heavy atom. The van der Waals surface area contributed by atoms with E-state index in [1.54, 1.807) is 6.92 Å². The van der Waals surface area contributed by atoms with Crippen molar-refractivity contribution < 1.29 is 30.7 Å². The summed E-state index contributed by atoms with van der Waals surface area (Å²) in [5.41, 5.74) is 0.772. The van der Waals surface area contributed by atoms with Crippen LogP contribution in [0.3, 0.4) is 0 Å². The van der Waals surface area contributed by atoms with E-state index in [1.807, 2.05) is 0 Å². The highest BCUT2D eigenvalue weighted by atomic mass is 32.2. The lowest BCUT2D eigenvalue weighted by atomic mass is 10.2. The van der Waals surface area contributed by atoms with E-state index in [0.29, 0.717) is 22.6 Å². The third-order valence-electron chi connectivity index (χ3n) is 3.10. The molecule has 0 atom stereocenters. The highest BCUT2D eigenvalue weighted by Gasteiger charge is 2.15.